The van der Waals surface area contributed by atoms with Crippen LogP contribution in [0.3, 0.4) is 0 Å². The number of aliphatic hydroxyl groups excluding tert-OH is 1. The quantitative estimate of drug-likeness (QED) is 0.557. The fourth-order valence-electron chi connectivity index (χ4n) is 4.24. The van der Waals surface area contributed by atoms with Gasteiger partial charge in [0.2, 0.25) is 5.88 Å². The van der Waals surface area contributed by atoms with E-state index in [-0.39, 0.29) is 42.3 Å². The predicted octanol–water partition coefficient (Wildman–Crippen LogP) is 3.03. The standard InChI is InChI=1S/C26H30FN5O3/c1-17-12-32(18(2)15-33)26(34)23-8-21(20-5-4-6-22(27)7-20)11-30-25(23)35-24(17)14-31(3)13-19-9-28-16-29-10-19/h4-11,16-18,24,33H,12-15H2,1-3H3/t17-,18+,24+/m0/s1. The van der Waals surface area contributed by atoms with E-state index in [0.717, 1.165) is 5.56 Å². The van der Waals surface area contributed by atoms with E-state index in [1.165, 1.54) is 18.5 Å². The van der Waals surface area contributed by atoms with Gasteiger partial charge in [0, 0.05) is 55.3 Å². The predicted molar refractivity (Wildman–Crippen MR) is 129 cm³/mol. The third kappa shape index (κ3) is 5.80. The summed E-state index contributed by atoms with van der Waals surface area (Å²) in [6.45, 7) is 5.31. The van der Waals surface area contributed by atoms with Crippen LogP contribution in [-0.4, -0.2) is 74.7 Å². The molecular weight excluding hydrogens is 449 g/mol. The number of hydrogen-bond acceptors (Lipinski definition) is 7. The van der Waals surface area contributed by atoms with Crippen molar-refractivity contribution in [3.8, 4) is 17.0 Å². The van der Waals surface area contributed by atoms with Crippen molar-refractivity contribution in [3.63, 3.8) is 0 Å². The summed E-state index contributed by atoms with van der Waals surface area (Å²) >= 11 is 0. The van der Waals surface area contributed by atoms with Gasteiger partial charge in [-0.1, -0.05) is 19.1 Å². The molecule has 0 fully saturated rings. The van der Waals surface area contributed by atoms with Gasteiger partial charge >= 0.3 is 0 Å². The van der Waals surface area contributed by atoms with Gasteiger partial charge in [0.25, 0.3) is 5.91 Å². The molecule has 1 aliphatic rings. The van der Waals surface area contributed by atoms with Crippen LogP contribution in [0.1, 0.15) is 29.8 Å². The van der Waals surface area contributed by atoms with E-state index in [4.69, 9.17) is 4.74 Å². The van der Waals surface area contributed by atoms with E-state index in [0.29, 0.717) is 36.3 Å². The molecule has 1 amide bonds. The van der Waals surface area contributed by atoms with Crippen LogP contribution in [0.15, 0.2) is 55.2 Å². The molecule has 4 rings (SSSR count). The second kappa shape index (κ2) is 10.9. The van der Waals surface area contributed by atoms with Crippen LogP contribution < -0.4 is 4.74 Å². The first kappa shape index (κ1) is 24.7. The minimum atomic E-state index is -0.381. The van der Waals surface area contributed by atoms with Crippen molar-refractivity contribution in [2.75, 3.05) is 26.7 Å². The number of rotatable bonds is 7. The van der Waals surface area contributed by atoms with Crippen molar-refractivity contribution < 1.29 is 19.0 Å². The van der Waals surface area contributed by atoms with Gasteiger partial charge in [-0.05, 0) is 37.7 Å². The van der Waals surface area contributed by atoms with E-state index in [1.54, 1.807) is 41.7 Å². The molecule has 3 atom stereocenters. The highest BCUT2D eigenvalue weighted by molar-refractivity contribution is 5.98. The molecule has 0 spiro atoms. The van der Waals surface area contributed by atoms with Crippen LogP contribution in [0.2, 0.25) is 0 Å². The topological polar surface area (TPSA) is 91.7 Å². The van der Waals surface area contributed by atoms with E-state index in [2.05, 4.69) is 19.9 Å². The van der Waals surface area contributed by atoms with Crippen molar-refractivity contribution in [2.45, 2.75) is 32.5 Å². The summed E-state index contributed by atoms with van der Waals surface area (Å²) in [5.74, 6) is -0.431. The number of fused-ring (bicyclic) bond motifs is 1. The first-order valence-corrected chi connectivity index (χ1v) is 11.6. The Bertz CT molecular complexity index is 1160. The van der Waals surface area contributed by atoms with Crippen LogP contribution in [-0.2, 0) is 6.54 Å². The molecule has 0 unspecified atom stereocenters. The van der Waals surface area contributed by atoms with Gasteiger partial charge in [0.05, 0.1) is 12.6 Å². The van der Waals surface area contributed by atoms with Gasteiger partial charge in [-0.3, -0.25) is 9.69 Å². The number of benzene rings is 1. The molecule has 35 heavy (non-hydrogen) atoms. The molecule has 2 aromatic heterocycles. The molecule has 1 N–H and O–H groups in total. The third-order valence-electron chi connectivity index (χ3n) is 6.24. The number of hydrogen-bond donors (Lipinski definition) is 1. The molecule has 0 bridgehead atoms. The fourth-order valence-corrected chi connectivity index (χ4v) is 4.24. The number of likely N-dealkylation sites (N-methyl/N-ethyl adjacent to an activating group) is 1. The Labute approximate surface area is 204 Å². The maximum absolute atomic E-state index is 13.8. The average Bonchev–Trinajstić information content (AvgIpc) is 2.86. The zero-order valence-electron chi connectivity index (χ0n) is 20.1. The SMILES string of the molecule is C[C@H](CO)N1C[C@H](C)[C@@H](CN(C)Cc2cncnc2)Oc2ncc(-c3cccc(F)c3)cc2C1=O. The van der Waals surface area contributed by atoms with Gasteiger partial charge in [0.15, 0.2) is 0 Å². The highest BCUT2D eigenvalue weighted by Gasteiger charge is 2.34. The Hall–Kier alpha value is -3.43. The summed E-state index contributed by atoms with van der Waals surface area (Å²) in [7, 11) is 1.99. The number of carbonyl (C=O) groups is 1. The summed E-state index contributed by atoms with van der Waals surface area (Å²) in [6, 6.07) is 7.46. The maximum Gasteiger partial charge on any atom is 0.259 e. The second-order valence-electron chi connectivity index (χ2n) is 9.15. The molecule has 3 heterocycles. The molecule has 3 aromatic rings. The van der Waals surface area contributed by atoms with Crippen LogP contribution in [0, 0.1) is 11.7 Å². The Balaban J connectivity index is 1.66. The highest BCUT2D eigenvalue weighted by Crippen LogP contribution is 2.30. The number of halogens is 1. The average molecular weight is 480 g/mol. The molecule has 0 saturated heterocycles. The van der Waals surface area contributed by atoms with E-state index in [1.807, 2.05) is 20.9 Å². The molecule has 0 radical (unpaired) electrons. The zero-order valence-corrected chi connectivity index (χ0v) is 20.1. The third-order valence-corrected chi connectivity index (χ3v) is 6.24. The number of carbonyl (C=O) groups excluding carboxylic acids is 1. The van der Waals surface area contributed by atoms with Gasteiger partial charge in [-0.25, -0.2) is 19.3 Å². The molecule has 1 aliphatic heterocycles. The summed E-state index contributed by atoms with van der Waals surface area (Å²) in [4.78, 5) is 30.0. The molecule has 8 nitrogen and oxygen atoms in total. The molecule has 1 aromatic carbocycles. The molecule has 0 saturated carbocycles. The minimum absolute atomic E-state index is 0.0275. The van der Waals surface area contributed by atoms with Crippen molar-refractivity contribution >= 4 is 5.91 Å². The molecule has 0 aliphatic carbocycles. The van der Waals surface area contributed by atoms with Crippen LogP contribution in [0.5, 0.6) is 5.88 Å². The van der Waals surface area contributed by atoms with Crippen LogP contribution in [0.25, 0.3) is 11.1 Å². The lowest BCUT2D eigenvalue weighted by atomic mass is 9.99. The number of aliphatic hydroxyl groups is 1. The zero-order chi connectivity index (χ0) is 24.9. The summed E-state index contributed by atoms with van der Waals surface area (Å²) in [5.41, 5.74) is 2.51. The highest BCUT2D eigenvalue weighted by atomic mass is 19.1. The number of aromatic nitrogens is 3. The normalized spacial score (nSPS) is 19.0. The first-order valence-electron chi connectivity index (χ1n) is 11.6. The number of pyridine rings is 1. The first-order chi connectivity index (χ1) is 16.9. The largest absolute Gasteiger partial charge is 0.472 e. The molecular formula is C26H30FN5O3. The Morgan fingerprint density at radius 3 is 2.71 bits per heavy atom. The van der Waals surface area contributed by atoms with Crippen molar-refractivity contribution in [1.29, 1.82) is 0 Å². The fraction of sp³-hybridized carbons (Fsp3) is 0.385. The summed E-state index contributed by atoms with van der Waals surface area (Å²) in [5, 5.41) is 9.84. The Kier molecular flexibility index (Phi) is 7.67. The molecule has 184 valence electrons. The lowest BCUT2D eigenvalue weighted by Crippen LogP contribution is -2.49. The lowest BCUT2D eigenvalue weighted by Gasteiger charge is -2.37. The Morgan fingerprint density at radius 2 is 2.00 bits per heavy atom. The Morgan fingerprint density at radius 1 is 1.23 bits per heavy atom. The number of amides is 1. The summed E-state index contributed by atoms with van der Waals surface area (Å²) in [6.07, 6.45) is 6.38. The monoisotopic (exact) mass is 479 g/mol. The minimum Gasteiger partial charge on any atom is -0.472 e. The van der Waals surface area contributed by atoms with Gasteiger partial charge < -0.3 is 14.7 Å². The van der Waals surface area contributed by atoms with Crippen LogP contribution in [0.4, 0.5) is 4.39 Å². The second-order valence-corrected chi connectivity index (χ2v) is 9.15. The smallest absolute Gasteiger partial charge is 0.259 e. The van der Waals surface area contributed by atoms with Gasteiger partial charge in [-0.15, -0.1) is 0 Å². The van der Waals surface area contributed by atoms with E-state index in [9.17, 15) is 14.3 Å². The van der Waals surface area contributed by atoms with Crippen LogP contribution >= 0.6 is 0 Å². The van der Waals surface area contributed by atoms with E-state index < -0.39 is 0 Å². The van der Waals surface area contributed by atoms with Crippen molar-refractivity contribution in [3.05, 3.63) is 72.2 Å². The lowest BCUT2D eigenvalue weighted by molar-refractivity contribution is 0.0325. The van der Waals surface area contributed by atoms with Crippen molar-refractivity contribution in [2.24, 2.45) is 5.92 Å². The van der Waals surface area contributed by atoms with Crippen molar-refractivity contribution in [1.82, 2.24) is 24.8 Å². The maximum atomic E-state index is 13.8. The summed E-state index contributed by atoms with van der Waals surface area (Å²) < 4.78 is 20.1. The number of ether oxygens (including phenoxy) is 1. The van der Waals surface area contributed by atoms with Gasteiger partial charge in [0.1, 0.15) is 23.8 Å². The van der Waals surface area contributed by atoms with Gasteiger partial charge in [-0.2, -0.15) is 0 Å². The molecule has 9 heteroatoms. The number of nitrogens with zero attached hydrogens (tertiary/aromatic N) is 5. The van der Waals surface area contributed by atoms with E-state index >= 15 is 0 Å².